The highest BCUT2D eigenvalue weighted by molar-refractivity contribution is 5.83. The molecule has 1 aliphatic carbocycles. The number of carbonyl (C=O) groups is 1. The van der Waals surface area contributed by atoms with Crippen molar-refractivity contribution in [2.75, 3.05) is 13.1 Å². The van der Waals surface area contributed by atoms with Crippen molar-refractivity contribution in [1.29, 1.82) is 0 Å². The molecule has 1 aromatic heterocycles. The van der Waals surface area contributed by atoms with Crippen LogP contribution in [0.2, 0.25) is 0 Å². The Hall–Kier alpha value is -2.43. The van der Waals surface area contributed by atoms with Crippen LogP contribution in [-0.4, -0.2) is 33.7 Å². The number of aromatic nitrogens is 2. The third-order valence-electron chi connectivity index (χ3n) is 5.63. The molecule has 1 atom stereocenters. The van der Waals surface area contributed by atoms with Crippen LogP contribution in [0.25, 0.3) is 0 Å². The first-order valence-corrected chi connectivity index (χ1v) is 9.57. The van der Waals surface area contributed by atoms with Crippen LogP contribution in [0, 0.1) is 0 Å². The molecule has 2 aliphatic rings. The maximum atomic E-state index is 12.8. The number of carbonyl (C=O) groups excluding carboxylic acids is 1. The van der Waals surface area contributed by atoms with Gasteiger partial charge in [0.05, 0.1) is 17.7 Å². The maximum absolute atomic E-state index is 12.8. The molecule has 1 aliphatic heterocycles. The number of nitrogens with zero attached hydrogens (tertiary/aromatic N) is 3. The lowest BCUT2D eigenvalue weighted by Crippen LogP contribution is -2.43. The van der Waals surface area contributed by atoms with Crippen molar-refractivity contribution in [3.05, 3.63) is 64.1 Å². The van der Waals surface area contributed by atoms with E-state index < -0.39 is 0 Å². The largest absolute Gasteiger partial charge is 0.342 e. The fourth-order valence-electron chi connectivity index (χ4n) is 3.79. The van der Waals surface area contributed by atoms with Gasteiger partial charge in [0, 0.05) is 25.1 Å². The molecule has 1 saturated carbocycles. The average molecular weight is 351 g/mol. The lowest BCUT2D eigenvalue weighted by Gasteiger charge is -2.34. The molecule has 0 N–H and O–H groups in total. The van der Waals surface area contributed by atoms with E-state index in [0.717, 1.165) is 24.1 Å². The van der Waals surface area contributed by atoms with Gasteiger partial charge < -0.3 is 4.90 Å². The predicted octanol–water partition coefficient (Wildman–Crippen LogP) is 3.09. The molecule has 5 nitrogen and oxygen atoms in total. The molecule has 0 radical (unpaired) electrons. The second-order valence-corrected chi connectivity index (χ2v) is 7.50. The van der Waals surface area contributed by atoms with Crippen molar-refractivity contribution in [2.24, 2.45) is 0 Å². The standard InChI is InChI=1S/C21H25N3O2/c1-15(16-5-3-2-4-6-16)21(26)23-13-11-18(12-14-23)24-20(25)10-9-19(22-24)17-7-8-17/h2-6,9-10,15,17-18H,7-8,11-14H2,1H3/t15-/m0/s1. The molecule has 2 heterocycles. The molecule has 2 aromatic rings. The fourth-order valence-corrected chi connectivity index (χ4v) is 3.79. The van der Waals surface area contributed by atoms with E-state index in [-0.39, 0.29) is 23.4 Å². The zero-order valence-corrected chi connectivity index (χ0v) is 15.2. The Bertz CT molecular complexity index is 834. The summed E-state index contributed by atoms with van der Waals surface area (Å²) in [6.45, 7) is 3.33. The van der Waals surface area contributed by atoms with Crippen molar-refractivity contribution in [2.45, 2.75) is 50.5 Å². The van der Waals surface area contributed by atoms with Gasteiger partial charge in [0.1, 0.15) is 0 Å². The van der Waals surface area contributed by atoms with Crippen LogP contribution < -0.4 is 5.56 Å². The Labute approximate surface area is 153 Å². The summed E-state index contributed by atoms with van der Waals surface area (Å²) in [5, 5.41) is 4.61. The molecule has 26 heavy (non-hydrogen) atoms. The minimum Gasteiger partial charge on any atom is -0.342 e. The third kappa shape index (κ3) is 3.43. The summed E-state index contributed by atoms with van der Waals surface area (Å²) in [7, 11) is 0. The maximum Gasteiger partial charge on any atom is 0.267 e. The normalized spacial score (nSPS) is 19.3. The van der Waals surface area contributed by atoms with E-state index in [0.29, 0.717) is 19.0 Å². The first-order valence-electron chi connectivity index (χ1n) is 9.57. The quantitative estimate of drug-likeness (QED) is 0.850. The van der Waals surface area contributed by atoms with Crippen LogP contribution in [0.15, 0.2) is 47.3 Å². The lowest BCUT2D eigenvalue weighted by molar-refractivity contribution is -0.133. The van der Waals surface area contributed by atoms with Gasteiger partial charge in [-0.05, 0) is 44.2 Å². The zero-order chi connectivity index (χ0) is 18.1. The van der Waals surface area contributed by atoms with Gasteiger partial charge in [0.2, 0.25) is 5.91 Å². The van der Waals surface area contributed by atoms with Crippen molar-refractivity contribution >= 4 is 5.91 Å². The van der Waals surface area contributed by atoms with Gasteiger partial charge >= 0.3 is 0 Å². The number of piperidine rings is 1. The van der Waals surface area contributed by atoms with Gasteiger partial charge in [0.25, 0.3) is 5.56 Å². The summed E-state index contributed by atoms with van der Waals surface area (Å²) >= 11 is 0. The molecular formula is C21H25N3O2. The van der Waals surface area contributed by atoms with Gasteiger partial charge in [-0.1, -0.05) is 30.3 Å². The van der Waals surface area contributed by atoms with Crippen LogP contribution >= 0.6 is 0 Å². The van der Waals surface area contributed by atoms with E-state index in [4.69, 9.17) is 0 Å². The summed E-state index contributed by atoms with van der Waals surface area (Å²) in [5.41, 5.74) is 2.06. The molecule has 5 heteroatoms. The van der Waals surface area contributed by atoms with Crippen molar-refractivity contribution in [1.82, 2.24) is 14.7 Å². The third-order valence-corrected chi connectivity index (χ3v) is 5.63. The van der Waals surface area contributed by atoms with E-state index in [1.165, 1.54) is 12.8 Å². The molecule has 136 valence electrons. The molecular weight excluding hydrogens is 326 g/mol. The Balaban J connectivity index is 1.42. The van der Waals surface area contributed by atoms with Crippen LogP contribution in [-0.2, 0) is 4.79 Å². The second kappa shape index (κ2) is 7.06. The summed E-state index contributed by atoms with van der Waals surface area (Å²) in [4.78, 5) is 27.0. The Morgan fingerprint density at radius 3 is 2.38 bits per heavy atom. The number of likely N-dealkylation sites (tertiary alicyclic amines) is 1. The molecule has 1 saturated heterocycles. The smallest absolute Gasteiger partial charge is 0.267 e. The summed E-state index contributed by atoms with van der Waals surface area (Å²) < 4.78 is 1.66. The first kappa shape index (κ1) is 17.0. The van der Waals surface area contributed by atoms with Gasteiger partial charge in [-0.3, -0.25) is 9.59 Å². The number of hydrogen-bond acceptors (Lipinski definition) is 3. The topological polar surface area (TPSA) is 55.2 Å². The summed E-state index contributed by atoms with van der Waals surface area (Å²) in [6.07, 6.45) is 3.92. The number of benzene rings is 1. The van der Waals surface area contributed by atoms with Gasteiger partial charge in [-0.15, -0.1) is 0 Å². The SMILES string of the molecule is C[C@H](C(=O)N1CCC(n2nc(C3CC3)ccc2=O)CC1)c1ccccc1. The second-order valence-electron chi connectivity index (χ2n) is 7.50. The molecule has 0 bridgehead atoms. The number of amides is 1. The van der Waals surface area contributed by atoms with Crippen molar-refractivity contribution in [3.8, 4) is 0 Å². The zero-order valence-electron chi connectivity index (χ0n) is 15.2. The Kier molecular flexibility index (Phi) is 4.62. The highest BCUT2D eigenvalue weighted by atomic mass is 16.2. The monoisotopic (exact) mass is 351 g/mol. The van der Waals surface area contributed by atoms with E-state index in [9.17, 15) is 9.59 Å². The lowest BCUT2D eigenvalue weighted by atomic mass is 9.97. The molecule has 1 aromatic carbocycles. The first-order chi connectivity index (χ1) is 12.6. The van der Waals surface area contributed by atoms with Crippen LogP contribution in [0.3, 0.4) is 0 Å². The Morgan fingerprint density at radius 2 is 1.73 bits per heavy atom. The van der Waals surface area contributed by atoms with Crippen molar-refractivity contribution in [3.63, 3.8) is 0 Å². The molecule has 0 spiro atoms. The fraction of sp³-hybridized carbons (Fsp3) is 0.476. The van der Waals surface area contributed by atoms with Gasteiger partial charge in [-0.25, -0.2) is 4.68 Å². The molecule has 4 rings (SSSR count). The van der Waals surface area contributed by atoms with Crippen LogP contribution in [0.1, 0.15) is 61.7 Å². The number of hydrogen-bond donors (Lipinski definition) is 0. The van der Waals surface area contributed by atoms with Gasteiger partial charge in [0.15, 0.2) is 0 Å². The van der Waals surface area contributed by atoms with E-state index in [2.05, 4.69) is 5.10 Å². The van der Waals surface area contributed by atoms with E-state index in [1.54, 1.807) is 10.7 Å². The average Bonchev–Trinajstić information content (AvgIpc) is 3.53. The molecule has 1 amide bonds. The van der Waals surface area contributed by atoms with Gasteiger partial charge in [-0.2, -0.15) is 5.10 Å². The summed E-state index contributed by atoms with van der Waals surface area (Å²) in [6, 6.07) is 13.5. The van der Waals surface area contributed by atoms with E-state index in [1.807, 2.05) is 48.2 Å². The highest BCUT2D eigenvalue weighted by Crippen LogP contribution is 2.38. The van der Waals surface area contributed by atoms with Crippen LogP contribution in [0.4, 0.5) is 0 Å². The Morgan fingerprint density at radius 1 is 1.04 bits per heavy atom. The van der Waals surface area contributed by atoms with Crippen LogP contribution in [0.5, 0.6) is 0 Å². The van der Waals surface area contributed by atoms with Crippen molar-refractivity contribution < 1.29 is 4.79 Å². The predicted molar refractivity (Wildman–Crippen MR) is 100 cm³/mol. The minimum absolute atomic E-state index is 0.0307. The molecule has 2 fully saturated rings. The highest BCUT2D eigenvalue weighted by Gasteiger charge is 2.30. The summed E-state index contributed by atoms with van der Waals surface area (Å²) in [5.74, 6) is 0.573. The molecule has 0 unspecified atom stereocenters. The van der Waals surface area contributed by atoms with E-state index >= 15 is 0 Å². The number of rotatable bonds is 4. The minimum atomic E-state index is -0.133.